The molecule has 1 atom stereocenters. The normalized spacial score (nSPS) is 12.0. The summed E-state index contributed by atoms with van der Waals surface area (Å²) in [6.07, 6.45) is -1.01. The van der Waals surface area contributed by atoms with Crippen molar-refractivity contribution in [2.24, 2.45) is 0 Å². The monoisotopic (exact) mass is 348 g/mol. The Morgan fingerprint density at radius 3 is 2.33 bits per heavy atom. The summed E-state index contributed by atoms with van der Waals surface area (Å²) in [6, 6.07) is 10.9. The van der Waals surface area contributed by atoms with E-state index in [2.05, 4.69) is 15.9 Å². The summed E-state index contributed by atoms with van der Waals surface area (Å²) in [5.41, 5.74) is 3.54. The molecule has 1 unspecified atom stereocenters. The van der Waals surface area contributed by atoms with E-state index in [1.807, 2.05) is 32.9 Å². The lowest BCUT2D eigenvalue weighted by Gasteiger charge is -2.20. The molecule has 0 bridgehead atoms. The van der Waals surface area contributed by atoms with Crippen LogP contribution in [0.2, 0.25) is 0 Å². The molecule has 0 saturated carbocycles. The minimum Gasteiger partial charge on any atom is -0.478 e. The van der Waals surface area contributed by atoms with Crippen LogP contribution in [0.1, 0.15) is 28.4 Å². The highest BCUT2D eigenvalue weighted by molar-refractivity contribution is 9.10. The van der Waals surface area contributed by atoms with Crippen LogP contribution in [0.3, 0.4) is 0 Å². The third kappa shape index (κ3) is 3.27. The number of benzene rings is 2. The maximum absolute atomic E-state index is 11.5. The van der Waals surface area contributed by atoms with Crippen molar-refractivity contribution in [3.8, 4) is 5.75 Å². The fraction of sp³-hybridized carbons (Fsp3) is 0.235. The summed E-state index contributed by atoms with van der Waals surface area (Å²) < 4.78 is 6.84. The van der Waals surface area contributed by atoms with E-state index >= 15 is 0 Å². The first-order chi connectivity index (χ1) is 9.91. The van der Waals surface area contributed by atoms with Crippen LogP contribution in [-0.4, -0.2) is 11.1 Å². The van der Waals surface area contributed by atoms with Gasteiger partial charge in [0.1, 0.15) is 5.75 Å². The van der Waals surface area contributed by atoms with Crippen molar-refractivity contribution >= 4 is 21.9 Å². The van der Waals surface area contributed by atoms with Gasteiger partial charge in [0, 0.05) is 10.0 Å². The molecule has 0 aliphatic heterocycles. The number of hydrogen-bond donors (Lipinski definition) is 1. The predicted octanol–water partition coefficient (Wildman–Crippen LogP) is 4.58. The number of halogens is 1. The van der Waals surface area contributed by atoms with Gasteiger partial charge in [-0.1, -0.05) is 46.3 Å². The Hall–Kier alpha value is -1.81. The van der Waals surface area contributed by atoms with Gasteiger partial charge in [-0.25, -0.2) is 4.79 Å². The Morgan fingerprint density at radius 1 is 1.14 bits per heavy atom. The van der Waals surface area contributed by atoms with Crippen LogP contribution in [0, 0.1) is 20.8 Å². The van der Waals surface area contributed by atoms with Crippen molar-refractivity contribution in [3.05, 3.63) is 63.1 Å². The Labute approximate surface area is 132 Å². The lowest BCUT2D eigenvalue weighted by Crippen LogP contribution is -2.19. The molecule has 1 N–H and O–H groups in total. The van der Waals surface area contributed by atoms with Crippen molar-refractivity contribution in [2.45, 2.75) is 26.9 Å². The molecule has 3 nitrogen and oxygen atoms in total. The van der Waals surface area contributed by atoms with E-state index < -0.39 is 12.1 Å². The van der Waals surface area contributed by atoms with Crippen LogP contribution in [-0.2, 0) is 4.79 Å². The second-order valence-corrected chi connectivity index (χ2v) is 5.86. The predicted molar refractivity (Wildman–Crippen MR) is 85.8 cm³/mol. The van der Waals surface area contributed by atoms with Crippen molar-refractivity contribution in [2.75, 3.05) is 0 Å². The van der Waals surface area contributed by atoms with Crippen molar-refractivity contribution in [3.63, 3.8) is 0 Å². The molecule has 0 aliphatic carbocycles. The van der Waals surface area contributed by atoms with Crippen LogP contribution >= 0.6 is 15.9 Å². The Bertz CT molecular complexity index is 665. The molecule has 2 rings (SSSR count). The van der Waals surface area contributed by atoms with E-state index in [1.54, 1.807) is 24.3 Å². The first kappa shape index (κ1) is 15.6. The SMILES string of the molecule is Cc1cc(Br)c(C)c(C)c1OC(C(=O)O)c1ccccc1. The molecular weight excluding hydrogens is 332 g/mol. The summed E-state index contributed by atoms with van der Waals surface area (Å²) in [4.78, 5) is 11.5. The van der Waals surface area contributed by atoms with Crippen LogP contribution < -0.4 is 4.74 Å². The first-order valence-corrected chi connectivity index (χ1v) is 7.41. The Balaban J connectivity index is 2.44. The standard InChI is InChI=1S/C17H17BrO3/c1-10-9-14(18)11(2)12(3)15(10)21-16(17(19)20)13-7-5-4-6-8-13/h4-9,16H,1-3H3,(H,19,20). The Morgan fingerprint density at radius 2 is 1.76 bits per heavy atom. The van der Waals surface area contributed by atoms with Crippen molar-refractivity contribution in [1.29, 1.82) is 0 Å². The topological polar surface area (TPSA) is 46.5 Å². The van der Waals surface area contributed by atoms with Gasteiger partial charge in [0.15, 0.2) is 0 Å². The van der Waals surface area contributed by atoms with E-state index in [-0.39, 0.29) is 0 Å². The summed E-state index contributed by atoms with van der Waals surface area (Å²) in [7, 11) is 0. The number of ether oxygens (including phenoxy) is 1. The van der Waals surface area contributed by atoms with Gasteiger partial charge in [-0.05, 0) is 43.5 Å². The Kier molecular flexibility index (Phi) is 4.68. The zero-order chi connectivity index (χ0) is 15.6. The lowest BCUT2D eigenvalue weighted by molar-refractivity contribution is -0.145. The third-order valence-electron chi connectivity index (χ3n) is 3.53. The smallest absolute Gasteiger partial charge is 0.349 e. The molecule has 0 aliphatic rings. The molecule has 110 valence electrons. The van der Waals surface area contributed by atoms with Crippen LogP contribution in [0.25, 0.3) is 0 Å². The highest BCUT2D eigenvalue weighted by Gasteiger charge is 2.24. The second-order valence-electron chi connectivity index (χ2n) is 5.00. The van der Waals surface area contributed by atoms with Gasteiger partial charge < -0.3 is 9.84 Å². The molecule has 0 heterocycles. The van der Waals surface area contributed by atoms with Gasteiger partial charge >= 0.3 is 5.97 Å². The largest absolute Gasteiger partial charge is 0.478 e. The summed E-state index contributed by atoms with van der Waals surface area (Å²) in [5, 5.41) is 9.46. The molecule has 0 spiro atoms. The molecule has 0 amide bonds. The quantitative estimate of drug-likeness (QED) is 0.879. The van der Waals surface area contributed by atoms with E-state index in [0.29, 0.717) is 11.3 Å². The van der Waals surface area contributed by atoms with E-state index in [0.717, 1.165) is 21.2 Å². The zero-order valence-electron chi connectivity index (χ0n) is 12.2. The van der Waals surface area contributed by atoms with Crippen molar-refractivity contribution in [1.82, 2.24) is 0 Å². The van der Waals surface area contributed by atoms with Gasteiger partial charge in [-0.15, -0.1) is 0 Å². The van der Waals surface area contributed by atoms with Gasteiger partial charge in [-0.2, -0.15) is 0 Å². The number of carboxylic acid groups (broad SMARTS) is 1. The van der Waals surface area contributed by atoms with Gasteiger partial charge in [-0.3, -0.25) is 0 Å². The number of hydrogen-bond acceptors (Lipinski definition) is 2. The molecule has 21 heavy (non-hydrogen) atoms. The maximum atomic E-state index is 11.5. The number of aryl methyl sites for hydroxylation is 1. The highest BCUT2D eigenvalue weighted by Crippen LogP contribution is 2.34. The van der Waals surface area contributed by atoms with Crippen LogP contribution in [0.4, 0.5) is 0 Å². The summed E-state index contributed by atoms with van der Waals surface area (Å²) in [5.74, 6) is -0.368. The number of rotatable bonds is 4. The third-order valence-corrected chi connectivity index (χ3v) is 4.35. The maximum Gasteiger partial charge on any atom is 0.349 e. The number of carbonyl (C=O) groups is 1. The van der Waals surface area contributed by atoms with Crippen LogP contribution in [0.5, 0.6) is 5.75 Å². The van der Waals surface area contributed by atoms with Gasteiger partial charge in [0.25, 0.3) is 0 Å². The zero-order valence-corrected chi connectivity index (χ0v) is 13.8. The average Bonchev–Trinajstić information content (AvgIpc) is 2.45. The molecule has 2 aromatic rings. The highest BCUT2D eigenvalue weighted by atomic mass is 79.9. The van der Waals surface area contributed by atoms with Gasteiger partial charge in [0.05, 0.1) is 0 Å². The minimum atomic E-state index is -1.01. The minimum absolute atomic E-state index is 0.629. The second kappa shape index (κ2) is 6.31. The molecule has 0 fully saturated rings. The average molecular weight is 349 g/mol. The van der Waals surface area contributed by atoms with E-state index in [1.165, 1.54) is 0 Å². The fourth-order valence-electron chi connectivity index (χ4n) is 2.20. The molecule has 4 heteroatoms. The molecule has 0 aromatic heterocycles. The number of aliphatic carboxylic acids is 1. The van der Waals surface area contributed by atoms with E-state index in [4.69, 9.17) is 4.74 Å². The summed E-state index contributed by atoms with van der Waals surface area (Å²) in [6.45, 7) is 5.83. The lowest BCUT2D eigenvalue weighted by atomic mass is 10.0. The molecule has 0 saturated heterocycles. The molecular formula is C17H17BrO3. The first-order valence-electron chi connectivity index (χ1n) is 6.62. The molecule has 0 radical (unpaired) electrons. The molecule has 2 aromatic carbocycles. The fourth-order valence-corrected chi connectivity index (χ4v) is 2.84. The van der Waals surface area contributed by atoms with E-state index in [9.17, 15) is 9.90 Å². The number of carboxylic acids is 1. The van der Waals surface area contributed by atoms with Crippen molar-refractivity contribution < 1.29 is 14.6 Å². The summed E-state index contributed by atoms with van der Waals surface area (Å²) >= 11 is 3.50. The van der Waals surface area contributed by atoms with Gasteiger partial charge in [0.2, 0.25) is 6.10 Å². The van der Waals surface area contributed by atoms with Crippen LogP contribution in [0.15, 0.2) is 40.9 Å².